The summed E-state index contributed by atoms with van der Waals surface area (Å²) in [6.07, 6.45) is 0.363. The van der Waals surface area contributed by atoms with Gasteiger partial charge in [0.1, 0.15) is 0 Å². The normalized spacial score (nSPS) is 11.3. The van der Waals surface area contributed by atoms with Crippen LogP contribution in [0, 0.1) is 0 Å². The summed E-state index contributed by atoms with van der Waals surface area (Å²) >= 11 is 0. The Bertz CT molecular complexity index is 527. The lowest BCUT2D eigenvalue weighted by atomic mass is 10.1. The first-order valence-corrected chi connectivity index (χ1v) is 7.39. The minimum atomic E-state index is -3.47. The van der Waals surface area contributed by atoms with Gasteiger partial charge in [0.2, 0.25) is 10.0 Å². The van der Waals surface area contributed by atoms with E-state index in [1.165, 1.54) is 13.2 Å². The number of hydrogen-bond donors (Lipinski definition) is 2. The number of methoxy groups -OCH3 is 1. The van der Waals surface area contributed by atoms with Crippen molar-refractivity contribution >= 4 is 16.0 Å². The van der Waals surface area contributed by atoms with Gasteiger partial charge in [0.05, 0.1) is 18.4 Å². The van der Waals surface area contributed by atoms with Gasteiger partial charge in [-0.1, -0.05) is 12.1 Å². The molecule has 0 spiro atoms. The van der Waals surface area contributed by atoms with Gasteiger partial charge in [0, 0.05) is 13.2 Å². The minimum Gasteiger partial charge on any atom is -0.465 e. The monoisotopic (exact) mass is 287 g/mol. The van der Waals surface area contributed by atoms with Crippen LogP contribution in [0.4, 0.5) is 0 Å². The molecule has 0 saturated carbocycles. The standard InChI is InChI=1S/C12H17NO5S/c1-18-12(15)11-5-2-4-10(8-11)9-19(16,17)13-6-3-7-14/h2,4-5,8,13-14H,3,6-7,9H2,1H3. The molecule has 7 heteroatoms. The van der Waals surface area contributed by atoms with Gasteiger partial charge in [-0.15, -0.1) is 0 Å². The molecule has 19 heavy (non-hydrogen) atoms. The predicted octanol–water partition coefficient (Wildman–Crippen LogP) is 0.275. The maximum atomic E-state index is 11.7. The molecule has 6 nitrogen and oxygen atoms in total. The summed E-state index contributed by atoms with van der Waals surface area (Å²) in [5, 5.41) is 8.59. The molecule has 0 aliphatic carbocycles. The smallest absolute Gasteiger partial charge is 0.337 e. The highest BCUT2D eigenvalue weighted by molar-refractivity contribution is 7.88. The number of rotatable bonds is 7. The van der Waals surface area contributed by atoms with Crippen LogP contribution in [0.1, 0.15) is 22.3 Å². The fourth-order valence-electron chi connectivity index (χ4n) is 1.48. The maximum Gasteiger partial charge on any atom is 0.337 e. The molecule has 1 rings (SSSR count). The lowest BCUT2D eigenvalue weighted by molar-refractivity contribution is 0.0600. The van der Waals surface area contributed by atoms with E-state index in [1.807, 2.05) is 0 Å². The molecular weight excluding hydrogens is 270 g/mol. The number of ether oxygens (including phenoxy) is 1. The highest BCUT2D eigenvalue weighted by Gasteiger charge is 2.12. The molecule has 0 saturated heterocycles. The van der Waals surface area contributed by atoms with Crippen molar-refractivity contribution in [3.63, 3.8) is 0 Å². The molecule has 0 atom stereocenters. The summed E-state index contributed by atoms with van der Waals surface area (Å²) in [6.45, 7) is 0.121. The molecule has 0 unspecified atom stereocenters. The van der Waals surface area contributed by atoms with E-state index in [-0.39, 0.29) is 18.9 Å². The van der Waals surface area contributed by atoms with Crippen molar-refractivity contribution in [2.45, 2.75) is 12.2 Å². The number of nitrogens with one attached hydrogen (secondary N) is 1. The van der Waals surface area contributed by atoms with Gasteiger partial charge >= 0.3 is 5.97 Å². The van der Waals surface area contributed by atoms with Crippen molar-refractivity contribution in [3.05, 3.63) is 35.4 Å². The second kappa shape index (κ2) is 7.22. The lowest BCUT2D eigenvalue weighted by Gasteiger charge is -2.07. The van der Waals surface area contributed by atoms with Gasteiger partial charge in [-0.25, -0.2) is 17.9 Å². The highest BCUT2D eigenvalue weighted by atomic mass is 32.2. The molecule has 1 aromatic rings. The number of aliphatic hydroxyl groups is 1. The zero-order valence-electron chi connectivity index (χ0n) is 10.6. The summed E-state index contributed by atoms with van der Waals surface area (Å²) in [5.74, 6) is -0.726. The Morgan fingerprint density at radius 2 is 2.16 bits per heavy atom. The van der Waals surface area contributed by atoms with Crippen LogP contribution in [0.3, 0.4) is 0 Å². The highest BCUT2D eigenvalue weighted by Crippen LogP contribution is 2.09. The average molecular weight is 287 g/mol. The molecular formula is C12H17NO5S. The topological polar surface area (TPSA) is 92.7 Å². The Morgan fingerprint density at radius 1 is 1.42 bits per heavy atom. The number of hydrogen-bond acceptors (Lipinski definition) is 5. The Labute approximate surface area is 112 Å². The van der Waals surface area contributed by atoms with Crippen molar-refractivity contribution in [3.8, 4) is 0 Å². The zero-order chi connectivity index (χ0) is 14.3. The summed E-state index contributed by atoms with van der Waals surface area (Å²) in [6, 6.07) is 6.26. The van der Waals surface area contributed by atoms with Crippen LogP contribution in [0.15, 0.2) is 24.3 Å². The molecule has 0 fully saturated rings. The van der Waals surface area contributed by atoms with Crippen molar-refractivity contribution in [2.75, 3.05) is 20.3 Å². The number of benzene rings is 1. The van der Waals surface area contributed by atoms with Crippen molar-refractivity contribution in [2.24, 2.45) is 0 Å². The summed E-state index contributed by atoms with van der Waals surface area (Å²) < 4.78 is 30.4. The zero-order valence-corrected chi connectivity index (χ0v) is 11.4. The van der Waals surface area contributed by atoms with Gasteiger partial charge in [0.15, 0.2) is 0 Å². The lowest BCUT2D eigenvalue weighted by Crippen LogP contribution is -2.26. The number of carbonyl (C=O) groups is 1. The van der Waals surface area contributed by atoms with Crippen LogP contribution >= 0.6 is 0 Å². The van der Waals surface area contributed by atoms with Gasteiger partial charge < -0.3 is 9.84 Å². The van der Waals surface area contributed by atoms with E-state index in [0.717, 1.165) is 0 Å². The van der Waals surface area contributed by atoms with Crippen molar-refractivity contribution in [1.29, 1.82) is 0 Å². The second-order valence-corrected chi connectivity index (χ2v) is 5.73. The van der Waals surface area contributed by atoms with Crippen molar-refractivity contribution in [1.82, 2.24) is 4.72 Å². The summed E-state index contributed by atoms with van der Waals surface area (Å²) in [7, 11) is -2.20. The van der Waals surface area contributed by atoms with E-state index < -0.39 is 16.0 Å². The van der Waals surface area contributed by atoms with E-state index in [0.29, 0.717) is 17.5 Å². The third-order valence-corrected chi connectivity index (χ3v) is 3.72. The fraction of sp³-hybridized carbons (Fsp3) is 0.417. The van der Waals surface area contributed by atoms with Gasteiger partial charge in [-0.3, -0.25) is 0 Å². The molecule has 0 aromatic heterocycles. The van der Waals surface area contributed by atoms with Gasteiger partial charge in [-0.05, 0) is 24.1 Å². The molecule has 1 aromatic carbocycles. The second-order valence-electron chi connectivity index (χ2n) is 3.92. The molecule has 0 aliphatic rings. The maximum absolute atomic E-state index is 11.7. The first-order chi connectivity index (χ1) is 8.98. The Morgan fingerprint density at radius 3 is 2.79 bits per heavy atom. The van der Waals surface area contributed by atoms with E-state index in [9.17, 15) is 13.2 Å². The van der Waals surface area contributed by atoms with Gasteiger partial charge in [-0.2, -0.15) is 0 Å². The average Bonchev–Trinajstić information content (AvgIpc) is 2.37. The van der Waals surface area contributed by atoms with Crippen LogP contribution in [0.5, 0.6) is 0 Å². The molecule has 0 amide bonds. The van der Waals surface area contributed by atoms with Crippen LogP contribution in [-0.4, -0.2) is 39.8 Å². The molecule has 0 heterocycles. The third-order valence-electron chi connectivity index (χ3n) is 2.36. The third kappa shape index (κ3) is 5.37. The van der Waals surface area contributed by atoms with Crippen LogP contribution < -0.4 is 4.72 Å². The summed E-state index contributed by atoms with van der Waals surface area (Å²) in [5.41, 5.74) is 0.810. The molecule has 0 radical (unpaired) electrons. The number of sulfonamides is 1. The Balaban J connectivity index is 2.73. The fourth-order valence-corrected chi connectivity index (χ4v) is 2.66. The summed E-state index contributed by atoms with van der Waals surface area (Å²) in [4.78, 5) is 11.3. The van der Waals surface area contributed by atoms with E-state index >= 15 is 0 Å². The quantitative estimate of drug-likeness (QED) is 0.555. The van der Waals surface area contributed by atoms with E-state index in [1.54, 1.807) is 18.2 Å². The largest absolute Gasteiger partial charge is 0.465 e. The van der Waals surface area contributed by atoms with Gasteiger partial charge in [0.25, 0.3) is 0 Å². The number of carbonyl (C=O) groups excluding carboxylic acids is 1. The Hall–Kier alpha value is -1.44. The van der Waals surface area contributed by atoms with Crippen molar-refractivity contribution < 1.29 is 23.1 Å². The first kappa shape index (κ1) is 15.6. The van der Waals surface area contributed by atoms with Crippen LogP contribution in [-0.2, 0) is 20.5 Å². The molecule has 106 valence electrons. The predicted molar refractivity (Wildman–Crippen MR) is 70.1 cm³/mol. The molecule has 0 bridgehead atoms. The molecule has 2 N–H and O–H groups in total. The minimum absolute atomic E-state index is 0.0691. The number of aliphatic hydroxyl groups excluding tert-OH is 1. The Kier molecular flexibility index (Phi) is 5.94. The SMILES string of the molecule is COC(=O)c1cccc(CS(=O)(=O)NCCCO)c1. The first-order valence-electron chi connectivity index (χ1n) is 5.74. The van der Waals surface area contributed by atoms with Crippen LogP contribution in [0.2, 0.25) is 0 Å². The van der Waals surface area contributed by atoms with Crippen LogP contribution in [0.25, 0.3) is 0 Å². The molecule has 0 aliphatic heterocycles. The van der Waals surface area contributed by atoms with E-state index in [4.69, 9.17) is 5.11 Å². The number of esters is 1. The van der Waals surface area contributed by atoms with E-state index in [2.05, 4.69) is 9.46 Å².